The number of amides is 2. The van der Waals surface area contributed by atoms with Gasteiger partial charge in [0.2, 0.25) is 11.8 Å². The highest BCUT2D eigenvalue weighted by atomic mass is 32.2. The van der Waals surface area contributed by atoms with Crippen LogP contribution in [0.15, 0.2) is 25.3 Å². The molecule has 3 fully saturated rings. The van der Waals surface area contributed by atoms with E-state index in [1.807, 2.05) is 13.8 Å². The number of fused-ring (bicyclic) bond motifs is 1. The van der Waals surface area contributed by atoms with Crippen LogP contribution in [-0.2, 0) is 19.1 Å². The summed E-state index contributed by atoms with van der Waals surface area (Å²) in [6.45, 7) is 14.9. The quantitative estimate of drug-likeness (QED) is 0.221. The third kappa shape index (κ3) is 5.06. The maximum absolute atomic E-state index is 14.1. The van der Waals surface area contributed by atoms with E-state index in [0.29, 0.717) is 39.0 Å². The summed E-state index contributed by atoms with van der Waals surface area (Å²) in [5.41, 5.74) is 0. The van der Waals surface area contributed by atoms with Gasteiger partial charge in [-0.25, -0.2) is 0 Å². The number of hydrogen-bond donors (Lipinski definition) is 1. The molecule has 35 heavy (non-hydrogen) atoms. The van der Waals surface area contributed by atoms with Crippen molar-refractivity contribution in [1.82, 2.24) is 9.80 Å². The first kappa shape index (κ1) is 27.8. The van der Waals surface area contributed by atoms with E-state index in [9.17, 15) is 19.5 Å². The topological polar surface area (TPSA) is 87.1 Å². The molecule has 3 saturated heterocycles. The third-order valence-electron chi connectivity index (χ3n) is 7.84. The predicted molar refractivity (Wildman–Crippen MR) is 139 cm³/mol. The minimum atomic E-state index is -0.630. The number of esters is 1. The highest BCUT2D eigenvalue weighted by molar-refractivity contribution is 8.02. The average molecular weight is 507 g/mol. The largest absolute Gasteiger partial charge is 0.465 e. The van der Waals surface area contributed by atoms with Crippen LogP contribution in [-0.4, -0.2) is 81.1 Å². The number of aliphatic hydroxyl groups excluding tert-OH is 1. The second-order valence-corrected chi connectivity index (χ2v) is 11.9. The molecule has 0 saturated carbocycles. The summed E-state index contributed by atoms with van der Waals surface area (Å²) in [5, 5.41) is 9.17. The van der Waals surface area contributed by atoms with E-state index in [-0.39, 0.29) is 41.6 Å². The first-order valence-electron chi connectivity index (χ1n) is 13.0. The number of likely N-dealkylation sites (tertiary alicyclic amines) is 1. The van der Waals surface area contributed by atoms with Gasteiger partial charge in [0.05, 0.1) is 23.2 Å². The zero-order chi connectivity index (χ0) is 25.8. The number of unbranched alkanes of at least 4 members (excludes halogenated alkanes) is 3. The van der Waals surface area contributed by atoms with Crippen molar-refractivity contribution < 1.29 is 24.2 Å². The summed E-state index contributed by atoms with van der Waals surface area (Å²) < 4.78 is 5.00. The minimum absolute atomic E-state index is 0.00963. The predicted octanol–water partition coefficient (Wildman–Crippen LogP) is 3.42. The lowest BCUT2D eigenvalue weighted by Gasteiger charge is -2.41. The van der Waals surface area contributed by atoms with Gasteiger partial charge >= 0.3 is 5.97 Å². The van der Waals surface area contributed by atoms with Gasteiger partial charge in [-0.1, -0.05) is 19.1 Å². The van der Waals surface area contributed by atoms with Crippen molar-refractivity contribution >= 4 is 29.5 Å². The Morgan fingerprint density at radius 3 is 2.63 bits per heavy atom. The Balaban J connectivity index is 1.95. The van der Waals surface area contributed by atoms with Crippen molar-refractivity contribution in [2.75, 3.05) is 26.3 Å². The van der Waals surface area contributed by atoms with E-state index in [2.05, 4.69) is 20.1 Å². The summed E-state index contributed by atoms with van der Waals surface area (Å²) in [7, 11) is 0. The van der Waals surface area contributed by atoms with Gasteiger partial charge in [-0.15, -0.1) is 24.9 Å². The molecule has 0 radical (unpaired) electrons. The van der Waals surface area contributed by atoms with Gasteiger partial charge in [-0.05, 0) is 58.3 Å². The first-order chi connectivity index (χ1) is 16.8. The minimum Gasteiger partial charge on any atom is -0.465 e. The molecular formula is C27H42N2O5S. The van der Waals surface area contributed by atoms with Crippen molar-refractivity contribution in [1.29, 1.82) is 0 Å². The molecule has 3 rings (SSSR count). The van der Waals surface area contributed by atoms with Crippen molar-refractivity contribution in [3.8, 4) is 0 Å². The van der Waals surface area contributed by atoms with Crippen LogP contribution in [0.2, 0.25) is 0 Å². The SMILES string of the molecule is C=CCCCOC(=O)[C@@H]1[C@H]2C(=O)N(CCCCCO)C(C(=O)N(CC=C)C(C)C)C23S[C@@H]1CC3C. The van der Waals surface area contributed by atoms with Gasteiger partial charge in [0.15, 0.2) is 0 Å². The Bertz CT molecular complexity index is 817. The number of nitrogens with zero attached hydrogens (tertiary/aromatic N) is 2. The fourth-order valence-electron chi connectivity index (χ4n) is 6.23. The highest BCUT2D eigenvalue weighted by Crippen LogP contribution is 2.68. The molecule has 1 N–H and O–H groups in total. The molecule has 0 aromatic carbocycles. The number of hydrogen-bond acceptors (Lipinski definition) is 6. The van der Waals surface area contributed by atoms with E-state index in [0.717, 1.165) is 19.3 Å². The summed E-state index contributed by atoms with van der Waals surface area (Å²) in [5.74, 6) is -1.39. The van der Waals surface area contributed by atoms with Gasteiger partial charge in [-0.3, -0.25) is 14.4 Å². The molecule has 0 aromatic rings. The van der Waals surface area contributed by atoms with Crippen LogP contribution in [0.3, 0.4) is 0 Å². The lowest BCUT2D eigenvalue weighted by Crippen LogP contribution is -2.58. The van der Waals surface area contributed by atoms with Gasteiger partial charge in [0.25, 0.3) is 0 Å². The molecule has 8 heteroatoms. The molecule has 2 amide bonds. The molecule has 7 nitrogen and oxygen atoms in total. The number of carbonyl (C=O) groups excluding carboxylic acids is 3. The number of carbonyl (C=O) groups is 3. The standard InChI is InChI=1S/C27H42N2O5S/c1-6-8-12-16-34-26(33)21-20-17-19(5)27(35-20)22(21)24(31)29(14-10-9-11-15-30)23(27)25(32)28(13-7-2)18(3)4/h6-7,18-23,30H,1-2,8-17H2,3-5H3/t19?,20-,21+,22+,23?,27?/m1/s1. The third-order valence-corrected chi connectivity index (χ3v) is 9.91. The van der Waals surface area contributed by atoms with Crippen molar-refractivity contribution in [2.24, 2.45) is 17.8 Å². The van der Waals surface area contributed by atoms with Crippen molar-refractivity contribution in [2.45, 2.75) is 81.4 Å². The van der Waals surface area contributed by atoms with Gasteiger partial charge in [-0.2, -0.15) is 0 Å². The Morgan fingerprint density at radius 2 is 2.00 bits per heavy atom. The number of aliphatic hydroxyl groups is 1. The molecule has 2 bridgehead atoms. The van der Waals surface area contributed by atoms with E-state index >= 15 is 0 Å². The molecule has 3 aliphatic heterocycles. The summed E-state index contributed by atoms with van der Waals surface area (Å²) >= 11 is 1.68. The van der Waals surface area contributed by atoms with Crippen LogP contribution in [0.5, 0.6) is 0 Å². The lowest BCUT2D eigenvalue weighted by atomic mass is 9.66. The fraction of sp³-hybridized carbons (Fsp3) is 0.741. The van der Waals surface area contributed by atoms with Gasteiger partial charge < -0.3 is 19.6 Å². The van der Waals surface area contributed by atoms with Crippen molar-refractivity contribution in [3.05, 3.63) is 25.3 Å². The fourth-order valence-corrected chi connectivity index (χ4v) is 8.63. The zero-order valence-corrected chi connectivity index (χ0v) is 22.3. The summed E-state index contributed by atoms with van der Waals surface area (Å²) in [6, 6.07) is -0.646. The monoisotopic (exact) mass is 506 g/mol. The van der Waals surface area contributed by atoms with Gasteiger partial charge in [0, 0.05) is 31.0 Å². The Morgan fingerprint density at radius 1 is 1.26 bits per heavy atom. The number of thioether (sulfide) groups is 1. The molecule has 196 valence electrons. The number of rotatable bonds is 14. The normalized spacial score (nSPS) is 31.1. The second kappa shape index (κ2) is 12.0. The van der Waals surface area contributed by atoms with E-state index < -0.39 is 22.6 Å². The molecule has 0 aromatic heterocycles. The first-order valence-corrected chi connectivity index (χ1v) is 13.9. The van der Waals surface area contributed by atoms with E-state index in [1.54, 1.807) is 33.7 Å². The molecule has 3 heterocycles. The molecule has 6 atom stereocenters. The van der Waals surface area contributed by atoms with E-state index in [1.165, 1.54) is 0 Å². The molecule has 3 aliphatic rings. The summed E-state index contributed by atoms with van der Waals surface area (Å²) in [4.78, 5) is 44.9. The molecule has 0 aliphatic carbocycles. The van der Waals surface area contributed by atoms with Crippen LogP contribution in [0, 0.1) is 17.8 Å². The van der Waals surface area contributed by atoms with Crippen molar-refractivity contribution in [3.63, 3.8) is 0 Å². The zero-order valence-electron chi connectivity index (χ0n) is 21.5. The number of ether oxygens (including phenoxy) is 1. The lowest BCUT2D eigenvalue weighted by molar-refractivity contribution is -0.154. The Kier molecular flexibility index (Phi) is 9.49. The smallest absolute Gasteiger partial charge is 0.310 e. The van der Waals surface area contributed by atoms with Crippen LogP contribution in [0.4, 0.5) is 0 Å². The highest BCUT2D eigenvalue weighted by Gasteiger charge is 2.76. The van der Waals surface area contributed by atoms with Crippen LogP contribution >= 0.6 is 11.8 Å². The Labute approximate surface area is 214 Å². The van der Waals surface area contributed by atoms with Crippen LogP contribution < -0.4 is 0 Å². The van der Waals surface area contributed by atoms with Crippen LogP contribution in [0.25, 0.3) is 0 Å². The molecular weight excluding hydrogens is 464 g/mol. The summed E-state index contributed by atoms with van der Waals surface area (Å²) in [6.07, 6.45) is 7.95. The van der Waals surface area contributed by atoms with E-state index in [4.69, 9.17) is 4.74 Å². The maximum atomic E-state index is 14.1. The second-order valence-electron chi connectivity index (χ2n) is 10.3. The average Bonchev–Trinajstić information content (AvgIpc) is 3.41. The van der Waals surface area contributed by atoms with Gasteiger partial charge in [0.1, 0.15) is 6.04 Å². The molecule has 3 unspecified atom stereocenters. The molecule has 1 spiro atoms. The number of allylic oxidation sites excluding steroid dienone is 1. The maximum Gasteiger partial charge on any atom is 0.310 e. The van der Waals surface area contributed by atoms with Crippen LogP contribution in [0.1, 0.15) is 59.3 Å². The Hall–Kier alpha value is -1.80.